The van der Waals surface area contributed by atoms with E-state index in [9.17, 15) is 19.2 Å². The number of nitrogens with one attached hydrogen (secondary N) is 1. The Kier molecular flexibility index (Phi) is 8.57. The van der Waals surface area contributed by atoms with E-state index in [1.807, 2.05) is 44.2 Å². The van der Waals surface area contributed by atoms with Crippen molar-refractivity contribution >= 4 is 23.6 Å². The Morgan fingerprint density at radius 1 is 0.912 bits per heavy atom. The third-order valence-electron chi connectivity index (χ3n) is 5.99. The molecule has 0 spiro atoms. The first kappa shape index (κ1) is 25.1. The summed E-state index contributed by atoms with van der Waals surface area (Å²) in [7, 11) is 0. The molecule has 1 unspecified atom stereocenters. The van der Waals surface area contributed by atoms with Crippen LogP contribution in [0.4, 0.5) is 0 Å². The quantitative estimate of drug-likeness (QED) is 0.518. The molecule has 1 heterocycles. The van der Waals surface area contributed by atoms with Crippen LogP contribution in [0.2, 0.25) is 0 Å². The van der Waals surface area contributed by atoms with Crippen LogP contribution in [0.1, 0.15) is 59.9 Å². The summed E-state index contributed by atoms with van der Waals surface area (Å²) >= 11 is 0. The fourth-order valence-electron chi connectivity index (χ4n) is 4.00. The number of rotatable bonds is 11. The molecule has 1 atom stereocenters. The Hall–Kier alpha value is -3.48. The lowest BCUT2D eigenvalue weighted by atomic mass is 10.1. The van der Waals surface area contributed by atoms with Gasteiger partial charge in [-0.3, -0.25) is 24.1 Å². The Morgan fingerprint density at radius 3 is 2.09 bits per heavy atom. The molecule has 2 aromatic rings. The van der Waals surface area contributed by atoms with E-state index in [1.165, 1.54) is 4.90 Å². The van der Waals surface area contributed by atoms with E-state index in [1.54, 1.807) is 36.1 Å². The van der Waals surface area contributed by atoms with Crippen molar-refractivity contribution in [2.75, 3.05) is 19.6 Å². The fourth-order valence-corrected chi connectivity index (χ4v) is 4.00. The van der Waals surface area contributed by atoms with E-state index < -0.39 is 6.04 Å². The molecule has 0 fully saturated rings. The SMILES string of the molecule is CC(C)CNC(=O)C(C)N(CCc1ccccc1)C(=O)CCCN1C(=O)c2ccccc2C1=O. The van der Waals surface area contributed by atoms with E-state index >= 15 is 0 Å². The average Bonchev–Trinajstić information content (AvgIpc) is 3.08. The van der Waals surface area contributed by atoms with Crippen LogP contribution in [0.5, 0.6) is 0 Å². The molecule has 7 nitrogen and oxygen atoms in total. The summed E-state index contributed by atoms with van der Waals surface area (Å²) in [4.78, 5) is 53.8. The first-order valence-corrected chi connectivity index (χ1v) is 11.9. The van der Waals surface area contributed by atoms with Gasteiger partial charge in [0.25, 0.3) is 11.8 Å². The predicted octanol–water partition coefficient (Wildman–Crippen LogP) is 3.29. The smallest absolute Gasteiger partial charge is 0.261 e. The van der Waals surface area contributed by atoms with E-state index in [4.69, 9.17) is 0 Å². The van der Waals surface area contributed by atoms with E-state index in [0.29, 0.717) is 43.0 Å². The third-order valence-corrected chi connectivity index (χ3v) is 5.99. The fraction of sp³-hybridized carbons (Fsp3) is 0.407. The van der Waals surface area contributed by atoms with Gasteiger partial charge >= 0.3 is 0 Å². The Labute approximate surface area is 201 Å². The lowest BCUT2D eigenvalue weighted by Gasteiger charge is -2.29. The minimum atomic E-state index is -0.616. The number of benzene rings is 2. The highest BCUT2D eigenvalue weighted by molar-refractivity contribution is 6.21. The van der Waals surface area contributed by atoms with Crippen molar-refractivity contribution in [2.45, 2.75) is 46.1 Å². The lowest BCUT2D eigenvalue weighted by Crippen LogP contribution is -2.49. The number of amides is 4. The summed E-state index contributed by atoms with van der Waals surface area (Å²) < 4.78 is 0. The molecule has 3 rings (SSSR count). The van der Waals surface area contributed by atoms with Crippen LogP contribution in [-0.2, 0) is 16.0 Å². The maximum Gasteiger partial charge on any atom is 0.261 e. The number of carbonyl (C=O) groups excluding carboxylic acids is 4. The normalized spacial score (nSPS) is 13.7. The van der Waals surface area contributed by atoms with Crippen LogP contribution >= 0.6 is 0 Å². The van der Waals surface area contributed by atoms with Gasteiger partial charge in [-0.2, -0.15) is 0 Å². The van der Waals surface area contributed by atoms with Gasteiger partial charge in [-0.25, -0.2) is 0 Å². The standard InChI is InChI=1S/C27H33N3O4/c1-19(2)18-28-25(32)20(3)29(17-15-21-10-5-4-6-11-21)24(31)14-9-16-30-26(33)22-12-7-8-13-23(22)27(30)34/h4-8,10-13,19-20H,9,14-18H2,1-3H3,(H,28,32). The summed E-state index contributed by atoms with van der Waals surface area (Å²) in [5.74, 6) is -0.690. The molecule has 1 aliphatic rings. The summed E-state index contributed by atoms with van der Waals surface area (Å²) in [6.07, 6.45) is 1.11. The zero-order chi connectivity index (χ0) is 24.7. The molecular formula is C27H33N3O4. The second kappa shape index (κ2) is 11.6. The zero-order valence-corrected chi connectivity index (χ0v) is 20.1. The lowest BCUT2D eigenvalue weighted by molar-refractivity contribution is -0.140. The van der Waals surface area contributed by atoms with Crippen molar-refractivity contribution < 1.29 is 19.2 Å². The third kappa shape index (κ3) is 6.10. The summed E-state index contributed by atoms with van der Waals surface area (Å²) in [6, 6.07) is 15.9. The molecule has 4 amide bonds. The molecular weight excluding hydrogens is 430 g/mol. The van der Waals surface area contributed by atoms with Crippen molar-refractivity contribution in [3.63, 3.8) is 0 Å². The van der Waals surface area contributed by atoms with Gasteiger partial charge in [-0.05, 0) is 43.4 Å². The molecule has 7 heteroatoms. The van der Waals surface area contributed by atoms with Crippen LogP contribution in [0.3, 0.4) is 0 Å². The molecule has 34 heavy (non-hydrogen) atoms. The number of carbonyl (C=O) groups is 4. The zero-order valence-electron chi connectivity index (χ0n) is 20.1. The summed E-state index contributed by atoms with van der Waals surface area (Å²) in [5, 5.41) is 2.91. The van der Waals surface area contributed by atoms with Crippen molar-refractivity contribution in [3.8, 4) is 0 Å². The number of nitrogens with zero attached hydrogens (tertiary/aromatic N) is 2. The average molecular weight is 464 g/mol. The summed E-state index contributed by atoms with van der Waals surface area (Å²) in [5.41, 5.74) is 1.89. The van der Waals surface area contributed by atoms with E-state index in [2.05, 4.69) is 5.32 Å². The first-order valence-electron chi connectivity index (χ1n) is 11.9. The Bertz CT molecular complexity index is 1000. The van der Waals surface area contributed by atoms with Crippen molar-refractivity contribution in [1.82, 2.24) is 15.1 Å². The molecule has 0 radical (unpaired) electrons. The van der Waals surface area contributed by atoms with Crippen molar-refractivity contribution in [3.05, 3.63) is 71.3 Å². The van der Waals surface area contributed by atoms with Gasteiger partial charge in [-0.15, -0.1) is 0 Å². The Morgan fingerprint density at radius 2 is 1.50 bits per heavy atom. The second-order valence-electron chi connectivity index (χ2n) is 9.05. The van der Waals surface area contributed by atoms with Gasteiger partial charge in [0.15, 0.2) is 0 Å². The highest BCUT2D eigenvalue weighted by Crippen LogP contribution is 2.22. The van der Waals surface area contributed by atoms with Gasteiger partial charge in [-0.1, -0.05) is 56.3 Å². The van der Waals surface area contributed by atoms with Gasteiger partial charge in [0.2, 0.25) is 11.8 Å². The Balaban J connectivity index is 1.61. The second-order valence-corrected chi connectivity index (χ2v) is 9.05. The van der Waals surface area contributed by atoms with Crippen molar-refractivity contribution in [1.29, 1.82) is 0 Å². The first-order chi connectivity index (χ1) is 16.3. The van der Waals surface area contributed by atoms with Gasteiger partial charge in [0, 0.05) is 26.1 Å². The minimum Gasteiger partial charge on any atom is -0.354 e. The molecule has 0 saturated heterocycles. The van der Waals surface area contributed by atoms with Gasteiger partial charge in [0.05, 0.1) is 11.1 Å². The number of hydrogen-bond acceptors (Lipinski definition) is 4. The number of hydrogen-bond donors (Lipinski definition) is 1. The summed E-state index contributed by atoms with van der Waals surface area (Å²) in [6.45, 7) is 6.89. The van der Waals surface area contributed by atoms with Gasteiger partial charge in [0.1, 0.15) is 6.04 Å². The van der Waals surface area contributed by atoms with Crippen LogP contribution in [0, 0.1) is 5.92 Å². The largest absolute Gasteiger partial charge is 0.354 e. The molecule has 0 aliphatic carbocycles. The number of fused-ring (bicyclic) bond motifs is 1. The molecule has 180 valence electrons. The van der Waals surface area contributed by atoms with Crippen LogP contribution in [0.15, 0.2) is 54.6 Å². The molecule has 2 aromatic carbocycles. The van der Waals surface area contributed by atoms with E-state index in [-0.39, 0.29) is 36.6 Å². The van der Waals surface area contributed by atoms with Crippen molar-refractivity contribution in [2.24, 2.45) is 5.92 Å². The van der Waals surface area contributed by atoms with Gasteiger partial charge < -0.3 is 10.2 Å². The van der Waals surface area contributed by atoms with Crippen LogP contribution < -0.4 is 5.32 Å². The maximum absolute atomic E-state index is 13.2. The van der Waals surface area contributed by atoms with Crippen LogP contribution in [-0.4, -0.2) is 59.1 Å². The maximum atomic E-state index is 13.2. The topological polar surface area (TPSA) is 86.8 Å². The predicted molar refractivity (Wildman–Crippen MR) is 130 cm³/mol. The van der Waals surface area contributed by atoms with Crippen LogP contribution in [0.25, 0.3) is 0 Å². The highest BCUT2D eigenvalue weighted by atomic mass is 16.2. The molecule has 0 aromatic heterocycles. The van der Waals surface area contributed by atoms with E-state index in [0.717, 1.165) is 5.56 Å². The molecule has 0 bridgehead atoms. The molecule has 1 N–H and O–H groups in total. The molecule has 1 aliphatic heterocycles. The minimum absolute atomic E-state index is 0.143. The monoisotopic (exact) mass is 463 g/mol. The highest BCUT2D eigenvalue weighted by Gasteiger charge is 2.35. The molecule has 0 saturated carbocycles. The number of imide groups is 1.